The number of nitrogens with two attached hydrogens (primary N) is 1. The van der Waals surface area contributed by atoms with Crippen LogP contribution in [0.2, 0.25) is 0 Å². The lowest BCUT2D eigenvalue weighted by molar-refractivity contribution is 0.0634. The van der Waals surface area contributed by atoms with Gasteiger partial charge in [-0.05, 0) is 13.8 Å². The van der Waals surface area contributed by atoms with E-state index in [0.717, 1.165) is 6.54 Å². The number of ether oxygens (including phenoxy) is 1. The van der Waals surface area contributed by atoms with Crippen LogP contribution in [0.1, 0.15) is 13.8 Å². The number of hydrogen-bond acceptors (Lipinski definition) is 5. The molecule has 1 aliphatic rings. The number of morpholine rings is 1. The Morgan fingerprint density at radius 2 is 2.36 bits per heavy atom. The van der Waals surface area contributed by atoms with Gasteiger partial charge in [0.25, 0.3) is 0 Å². The maximum absolute atomic E-state index is 5.49. The molecular weight excluding hydrogens is 182 g/mol. The van der Waals surface area contributed by atoms with Crippen LogP contribution in [-0.2, 0) is 4.74 Å². The second-order valence-corrected chi connectivity index (χ2v) is 4.04. The molecule has 0 bridgehead atoms. The van der Waals surface area contributed by atoms with Gasteiger partial charge in [-0.1, -0.05) is 0 Å². The Bertz CT molecular complexity index is 321. The predicted octanol–water partition coefficient (Wildman–Crippen LogP) is 0.00210. The molecule has 14 heavy (non-hydrogen) atoms. The van der Waals surface area contributed by atoms with Gasteiger partial charge in [-0.2, -0.15) is 4.98 Å². The summed E-state index contributed by atoms with van der Waals surface area (Å²) >= 11 is 0. The van der Waals surface area contributed by atoms with Crippen LogP contribution in [0, 0.1) is 0 Å². The Kier molecular flexibility index (Phi) is 2.07. The molecule has 2 heterocycles. The first-order chi connectivity index (χ1) is 6.59. The average molecular weight is 197 g/mol. The van der Waals surface area contributed by atoms with Gasteiger partial charge >= 0.3 is 0 Å². The van der Waals surface area contributed by atoms with Crippen molar-refractivity contribution in [3.05, 3.63) is 0 Å². The molecule has 1 aromatic rings. The molecular formula is C8H15N5O. The highest BCUT2D eigenvalue weighted by Gasteiger charge is 2.32. The van der Waals surface area contributed by atoms with Crippen LogP contribution < -0.4 is 10.6 Å². The zero-order chi connectivity index (χ0) is 10.2. The van der Waals surface area contributed by atoms with Crippen LogP contribution in [0.25, 0.3) is 0 Å². The molecule has 0 radical (unpaired) electrons. The molecule has 0 atom stereocenters. The van der Waals surface area contributed by atoms with Crippen LogP contribution in [0.5, 0.6) is 0 Å². The van der Waals surface area contributed by atoms with E-state index in [0.29, 0.717) is 25.1 Å². The van der Waals surface area contributed by atoms with Gasteiger partial charge in [0.15, 0.2) is 0 Å². The number of nitrogens with zero attached hydrogens (tertiary/aromatic N) is 3. The predicted molar refractivity (Wildman–Crippen MR) is 53.0 cm³/mol. The first-order valence-electron chi connectivity index (χ1n) is 4.63. The highest BCUT2D eigenvalue weighted by Crippen LogP contribution is 2.23. The van der Waals surface area contributed by atoms with Gasteiger partial charge in [-0.15, -0.1) is 5.10 Å². The molecule has 1 fully saturated rings. The topological polar surface area (TPSA) is 80.1 Å². The van der Waals surface area contributed by atoms with Crippen LogP contribution in [0.3, 0.4) is 0 Å². The lowest BCUT2D eigenvalue weighted by atomic mass is 10.0. The van der Waals surface area contributed by atoms with Gasteiger partial charge < -0.3 is 15.4 Å². The van der Waals surface area contributed by atoms with E-state index in [4.69, 9.17) is 10.5 Å². The zero-order valence-corrected chi connectivity index (χ0v) is 8.45. The van der Waals surface area contributed by atoms with Gasteiger partial charge in [0, 0.05) is 6.54 Å². The highest BCUT2D eigenvalue weighted by molar-refractivity contribution is 5.37. The Balaban J connectivity index is 2.23. The lowest BCUT2D eigenvalue weighted by Crippen LogP contribution is -2.53. The molecule has 0 amide bonds. The van der Waals surface area contributed by atoms with Crippen molar-refractivity contribution < 1.29 is 4.74 Å². The number of nitrogens with one attached hydrogen (secondary N) is 1. The average Bonchev–Trinajstić information content (AvgIpc) is 2.51. The molecule has 0 saturated carbocycles. The highest BCUT2D eigenvalue weighted by atomic mass is 16.5. The van der Waals surface area contributed by atoms with Crippen molar-refractivity contribution in [2.24, 2.45) is 0 Å². The summed E-state index contributed by atoms with van der Waals surface area (Å²) in [6.07, 6.45) is 0. The number of aromatic nitrogens is 3. The summed E-state index contributed by atoms with van der Waals surface area (Å²) in [5.74, 6) is 0.998. The first kappa shape index (κ1) is 9.26. The summed E-state index contributed by atoms with van der Waals surface area (Å²) in [6.45, 7) is 6.38. The zero-order valence-electron chi connectivity index (χ0n) is 8.45. The third-order valence-corrected chi connectivity index (χ3v) is 2.38. The van der Waals surface area contributed by atoms with E-state index in [9.17, 15) is 0 Å². The number of H-pyrrole nitrogens is 1. The quantitative estimate of drug-likeness (QED) is 0.662. The number of nitrogen functional groups attached to an aromatic ring is 1. The molecule has 0 aliphatic carbocycles. The van der Waals surface area contributed by atoms with Crippen molar-refractivity contribution in [3.63, 3.8) is 0 Å². The van der Waals surface area contributed by atoms with E-state index in [1.165, 1.54) is 0 Å². The molecule has 1 aromatic heterocycles. The molecule has 0 aromatic carbocycles. The Morgan fingerprint density at radius 3 is 2.93 bits per heavy atom. The molecule has 6 nitrogen and oxygen atoms in total. The van der Waals surface area contributed by atoms with Gasteiger partial charge in [-0.3, -0.25) is 0 Å². The minimum Gasteiger partial charge on any atom is -0.377 e. The van der Waals surface area contributed by atoms with Gasteiger partial charge in [-0.25, -0.2) is 5.10 Å². The summed E-state index contributed by atoms with van der Waals surface area (Å²) in [6, 6.07) is 0. The normalized spacial score (nSPS) is 21.1. The molecule has 0 spiro atoms. The van der Waals surface area contributed by atoms with Crippen LogP contribution in [-0.4, -0.2) is 40.5 Å². The van der Waals surface area contributed by atoms with E-state index in [1.807, 2.05) is 0 Å². The maximum atomic E-state index is 5.49. The Morgan fingerprint density at radius 1 is 1.57 bits per heavy atom. The van der Waals surface area contributed by atoms with E-state index in [1.54, 1.807) is 0 Å². The van der Waals surface area contributed by atoms with Crippen molar-refractivity contribution in [2.75, 3.05) is 30.4 Å². The fourth-order valence-corrected chi connectivity index (χ4v) is 1.61. The van der Waals surface area contributed by atoms with Crippen LogP contribution in [0.15, 0.2) is 0 Å². The SMILES string of the molecule is CC1(C)COCCN1c1n[nH]c(N)n1. The summed E-state index contributed by atoms with van der Waals surface area (Å²) in [5, 5.41) is 6.68. The number of aromatic amines is 1. The summed E-state index contributed by atoms with van der Waals surface area (Å²) in [7, 11) is 0. The molecule has 1 aliphatic heterocycles. The van der Waals surface area contributed by atoms with Crippen molar-refractivity contribution in [1.29, 1.82) is 0 Å². The third-order valence-electron chi connectivity index (χ3n) is 2.38. The monoisotopic (exact) mass is 197 g/mol. The van der Waals surface area contributed by atoms with Gasteiger partial charge in [0.2, 0.25) is 11.9 Å². The molecule has 3 N–H and O–H groups in total. The van der Waals surface area contributed by atoms with Gasteiger partial charge in [0.1, 0.15) is 0 Å². The Labute approximate surface area is 82.4 Å². The van der Waals surface area contributed by atoms with Crippen molar-refractivity contribution in [1.82, 2.24) is 15.2 Å². The lowest BCUT2D eigenvalue weighted by Gasteiger charge is -2.41. The number of rotatable bonds is 1. The molecule has 6 heteroatoms. The van der Waals surface area contributed by atoms with E-state index in [2.05, 4.69) is 33.9 Å². The Hall–Kier alpha value is -1.30. The molecule has 78 valence electrons. The second kappa shape index (κ2) is 3.13. The van der Waals surface area contributed by atoms with E-state index < -0.39 is 0 Å². The van der Waals surface area contributed by atoms with Crippen molar-refractivity contribution in [3.8, 4) is 0 Å². The van der Waals surface area contributed by atoms with Gasteiger partial charge in [0.05, 0.1) is 18.8 Å². The summed E-state index contributed by atoms with van der Waals surface area (Å²) in [4.78, 5) is 6.21. The van der Waals surface area contributed by atoms with Crippen LogP contribution in [0.4, 0.5) is 11.9 Å². The minimum atomic E-state index is -0.0765. The standard InChI is InChI=1S/C8H15N5O/c1-8(2)5-14-4-3-13(8)7-10-6(9)11-12-7/h3-5H2,1-2H3,(H3,9,10,11,12). The second-order valence-electron chi connectivity index (χ2n) is 4.04. The molecule has 2 rings (SSSR count). The first-order valence-corrected chi connectivity index (χ1v) is 4.63. The molecule has 1 saturated heterocycles. The van der Waals surface area contributed by atoms with E-state index in [-0.39, 0.29) is 5.54 Å². The van der Waals surface area contributed by atoms with E-state index >= 15 is 0 Å². The smallest absolute Gasteiger partial charge is 0.246 e. The minimum absolute atomic E-state index is 0.0765. The summed E-state index contributed by atoms with van der Waals surface area (Å²) in [5.41, 5.74) is 5.41. The third kappa shape index (κ3) is 1.52. The fraction of sp³-hybridized carbons (Fsp3) is 0.750. The fourth-order valence-electron chi connectivity index (χ4n) is 1.61. The maximum Gasteiger partial charge on any atom is 0.246 e. The molecule has 0 unspecified atom stereocenters. The van der Waals surface area contributed by atoms with Crippen LogP contribution >= 0.6 is 0 Å². The summed E-state index contributed by atoms with van der Waals surface area (Å²) < 4.78 is 5.40. The number of hydrogen-bond donors (Lipinski definition) is 2. The van der Waals surface area contributed by atoms with Crippen molar-refractivity contribution >= 4 is 11.9 Å². The largest absolute Gasteiger partial charge is 0.377 e. The number of anilines is 2. The van der Waals surface area contributed by atoms with Crippen molar-refractivity contribution in [2.45, 2.75) is 19.4 Å².